The summed E-state index contributed by atoms with van der Waals surface area (Å²) in [7, 11) is 0. The van der Waals surface area contributed by atoms with Gasteiger partial charge in [0.15, 0.2) is 0 Å². The lowest BCUT2D eigenvalue weighted by atomic mass is 9.82. The van der Waals surface area contributed by atoms with E-state index in [-0.39, 0.29) is 12.3 Å². The third-order valence-corrected chi connectivity index (χ3v) is 6.56. The van der Waals surface area contributed by atoms with E-state index < -0.39 is 11.4 Å². The van der Waals surface area contributed by atoms with Gasteiger partial charge in [0.25, 0.3) is 0 Å². The molecule has 1 aromatic rings. The van der Waals surface area contributed by atoms with Crippen molar-refractivity contribution in [3.63, 3.8) is 0 Å². The molecule has 2 N–H and O–H groups in total. The van der Waals surface area contributed by atoms with Gasteiger partial charge in [0.05, 0.1) is 11.0 Å². The second-order valence-corrected chi connectivity index (χ2v) is 8.29. The van der Waals surface area contributed by atoms with Crippen LogP contribution in [0.2, 0.25) is 0 Å². The largest absolute Gasteiger partial charge is 0.481 e. The summed E-state index contributed by atoms with van der Waals surface area (Å²) < 4.78 is 0. The predicted molar refractivity (Wildman–Crippen MR) is 92.0 cm³/mol. The highest BCUT2D eigenvalue weighted by Gasteiger charge is 2.43. The van der Waals surface area contributed by atoms with Gasteiger partial charge in [0.1, 0.15) is 11.1 Å². The first kappa shape index (κ1) is 17.0. The van der Waals surface area contributed by atoms with Crippen molar-refractivity contribution in [2.75, 3.05) is 5.32 Å². The Hall–Kier alpha value is -1.87. The van der Waals surface area contributed by atoms with Crippen molar-refractivity contribution >= 4 is 28.2 Å². The monoisotopic (exact) mass is 346 g/mol. The van der Waals surface area contributed by atoms with E-state index in [9.17, 15) is 20.0 Å². The van der Waals surface area contributed by atoms with Gasteiger partial charge in [-0.15, -0.1) is 11.3 Å². The molecule has 2 aliphatic rings. The highest BCUT2D eigenvalue weighted by molar-refractivity contribution is 7.16. The number of carboxylic acids is 1. The smallest absolute Gasteiger partial charge is 0.310 e. The minimum absolute atomic E-state index is 0.00777. The number of nitrogens with zero attached hydrogens (tertiary/aromatic N) is 1. The Labute approximate surface area is 145 Å². The van der Waals surface area contributed by atoms with Gasteiger partial charge < -0.3 is 10.4 Å². The van der Waals surface area contributed by atoms with E-state index in [1.54, 1.807) is 0 Å². The van der Waals surface area contributed by atoms with Crippen molar-refractivity contribution in [1.29, 1.82) is 5.26 Å². The molecule has 2 aliphatic carbocycles. The fourth-order valence-corrected chi connectivity index (χ4v) is 5.33. The number of rotatable bonds is 4. The molecule has 1 atom stereocenters. The maximum Gasteiger partial charge on any atom is 0.310 e. The Bertz CT molecular complexity index is 711. The topological polar surface area (TPSA) is 90.2 Å². The van der Waals surface area contributed by atoms with E-state index in [0.29, 0.717) is 29.3 Å². The number of hydrogen-bond acceptors (Lipinski definition) is 4. The molecular formula is C18H22N2O3S. The van der Waals surface area contributed by atoms with Gasteiger partial charge in [-0.3, -0.25) is 9.59 Å². The minimum atomic E-state index is -0.928. The van der Waals surface area contributed by atoms with Crippen molar-refractivity contribution in [2.24, 2.45) is 11.3 Å². The number of hydrogen-bond donors (Lipinski definition) is 2. The third-order valence-electron chi connectivity index (χ3n) is 5.39. The lowest BCUT2D eigenvalue weighted by molar-refractivity contribution is -0.150. The molecule has 0 bridgehead atoms. The number of nitrogens with one attached hydrogen (secondary N) is 1. The average Bonchev–Trinajstić information content (AvgIpc) is 3.11. The second kappa shape index (κ2) is 6.56. The molecular weight excluding hydrogens is 324 g/mol. The number of amides is 1. The lowest BCUT2D eigenvalue weighted by Gasteiger charge is -2.22. The summed E-state index contributed by atoms with van der Waals surface area (Å²) in [5.41, 5.74) is 0.721. The number of anilines is 1. The number of carbonyl (C=O) groups excluding carboxylic acids is 1. The van der Waals surface area contributed by atoms with Crippen LogP contribution in [0.25, 0.3) is 0 Å². The predicted octanol–water partition coefficient (Wildman–Crippen LogP) is 3.72. The van der Waals surface area contributed by atoms with Gasteiger partial charge >= 0.3 is 5.97 Å². The standard InChI is InChI=1S/C18H22N2O3S/c1-11-4-5-12-13(10-19)16(24-14(12)8-11)20-15(21)9-18(17(22)23)6-2-3-7-18/h11H,2-9H2,1H3,(H,20,21)(H,22,23). The Morgan fingerprint density at radius 1 is 1.42 bits per heavy atom. The summed E-state index contributed by atoms with van der Waals surface area (Å²) in [6.45, 7) is 2.20. The number of nitriles is 1. The van der Waals surface area contributed by atoms with Gasteiger partial charge in [-0.05, 0) is 43.6 Å². The van der Waals surface area contributed by atoms with Crippen LogP contribution in [0.5, 0.6) is 0 Å². The van der Waals surface area contributed by atoms with Crippen LogP contribution in [0.1, 0.15) is 61.5 Å². The summed E-state index contributed by atoms with van der Waals surface area (Å²) >= 11 is 1.48. The number of thiophene rings is 1. The second-order valence-electron chi connectivity index (χ2n) is 7.19. The van der Waals surface area contributed by atoms with Gasteiger partial charge in [-0.2, -0.15) is 5.26 Å². The highest BCUT2D eigenvalue weighted by atomic mass is 32.1. The number of fused-ring (bicyclic) bond motifs is 1. The van der Waals surface area contributed by atoms with Gasteiger partial charge in [0.2, 0.25) is 5.91 Å². The van der Waals surface area contributed by atoms with Gasteiger partial charge in [-0.1, -0.05) is 19.8 Å². The van der Waals surface area contributed by atoms with Crippen LogP contribution in [0, 0.1) is 22.7 Å². The van der Waals surface area contributed by atoms with Gasteiger partial charge in [0, 0.05) is 11.3 Å². The SMILES string of the molecule is CC1CCc2c(sc(NC(=O)CC3(C(=O)O)CCCC3)c2C#N)C1. The zero-order valence-corrected chi connectivity index (χ0v) is 14.7. The molecule has 0 aromatic carbocycles. The maximum absolute atomic E-state index is 12.4. The summed E-state index contributed by atoms with van der Waals surface area (Å²) in [5.74, 6) is -0.572. The van der Waals surface area contributed by atoms with E-state index in [2.05, 4.69) is 18.3 Å². The van der Waals surface area contributed by atoms with E-state index in [1.807, 2.05) is 0 Å². The maximum atomic E-state index is 12.4. The fraction of sp³-hybridized carbons (Fsp3) is 0.611. The molecule has 24 heavy (non-hydrogen) atoms. The first-order valence-corrected chi connectivity index (χ1v) is 9.35. The first-order valence-electron chi connectivity index (χ1n) is 8.53. The molecule has 0 spiro atoms. The molecule has 1 unspecified atom stereocenters. The van der Waals surface area contributed by atoms with Crippen LogP contribution in [0.15, 0.2) is 0 Å². The quantitative estimate of drug-likeness (QED) is 0.869. The molecule has 128 valence electrons. The molecule has 1 amide bonds. The van der Waals surface area contributed by atoms with E-state index in [4.69, 9.17) is 0 Å². The average molecular weight is 346 g/mol. The van der Waals surface area contributed by atoms with Crippen LogP contribution in [-0.2, 0) is 22.4 Å². The molecule has 1 heterocycles. The van der Waals surface area contributed by atoms with Crippen molar-refractivity contribution in [2.45, 2.75) is 58.3 Å². The molecule has 5 nitrogen and oxygen atoms in total. The Kier molecular flexibility index (Phi) is 4.64. The van der Waals surface area contributed by atoms with E-state index >= 15 is 0 Å². The number of aliphatic carboxylic acids is 1. The molecule has 0 saturated heterocycles. The highest BCUT2D eigenvalue weighted by Crippen LogP contribution is 2.43. The summed E-state index contributed by atoms with van der Waals surface area (Å²) in [4.78, 5) is 25.2. The van der Waals surface area contributed by atoms with Crippen LogP contribution < -0.4 is 5.32 Å². The molecule has 1 saturated carbocycles. The van der Waals surface area contributed by atoms with Crippen molar-refractivity contribution in [3.8, 4) is 6.07 Å². The molecule has 6 heteroatoms. The summed E-state index contributed by atoms with van der Waals surface area (Å²) in [6, 6.07) is 2.23. The number of carboxylic acid groups (broad SMARTS) is 1. The summed E-state index contributed by atoms with van der Waals surface area (Å²) in [6.07, 6.45) is 5.70. The number of carbonyl (C=O) groups is 2. The fourth-order valence-electron chi connectivity index (χ4n) is 3.95. The molecule has 3 rings (SSSR count). The Balaban J connectivity index is 1.78. The van der Waals surface area contributed by atoms with Crippen molar-refractivity contribution in [3.05, 3.63) is 16.0 Å². The van der Waals surface area contributed by atoms with Crippen molar-refractivity contribution in [1.82, 2.24) is 0 Å². The lowest BCUT2D eigenvalue weighted by Crippen LogP contribution is -2.32. The van der Waals surface area contributed by atoms with E-state index in [1.165, 1.54) is 16.2 Å². The van der Waals surface area contributed by atoms with E-state index in [0.717, 1.165) is 37.7 Å². The summed E-state index contributed by atoms with van der Waals surface area (Å²) in [5, 5.41) is 22.4. The molecule has 0 aliphatic heterocycles. The van der Waals surface area contributed by atoms with Crippen LogP contribution in [0.3, 0.4) is 0 Å². The normalized spacial score (nSPS) is 21.8. The third kappa shape index (κ3) is 3.05. The molecule has 1 fully saturated rings. The van der Waals surface area contributed by atoms with Crippen LogP contribution >= 0.6 is 11.3 Å². The first-order chi connectivity index (χ1) is 11.4. The Morgan fingerprint density at radius 3 is 2.75 bits per heavy atom. The zero-order valence-electron chi connectivity index (χ0n) is 13.9. The molecule has 1 aromatic heterocycles. The Morgan fingerprint density at radius 2 is 2.12 bits per heavy atom. The molecule has 0 radical (unpaired) electrons. The van der Waals surface area contributed by atoms with Crippen LogP contribution in [-0.4, -0.2) is 17.0 Å². The minimum Gasteiger partial charge on any atom is -0.481 e. The zero-order chi connectivity index (χ0) is 17.3. The van der Waals surface area contributed by atoms with Crippen LogP contribution in [0.4, 0.5) is 5.00 Å². The van der Waals surface area contributed by atoms with Crippen molar-refractivity contribution < 1.29 is 14.7 Å². The van der Waals surface area contributed by atoms with Gasteiger partial charge in [-0.25, -0.2) is 0 Å².